The summed E-state index contributed by atoms with van der Waals surface area (Å²) >= 11 is 14.0. The second-order valence-electron chi connectivity index (χ2n) is 9.49. The number of rotatable bonds is 6. The summed E-state index contributed by atoms with van der Waals surface area (Å²) in [6.07, 6.45) is 2.08. The van der Waals surface area contributed by atoms with E-state index in [1.54, 1.807) is 0 Å². The molecule has 0 aliphatic carbocycles. The maximum Gasteiger partial charge on any atom is 0.171 e. The second-order valence-corrected chi connectivity index (χ2v) is 11.3. The topological polar surface area (TPSA) is 58.9 Å². The number of carbonyl (C=O) groups is 2. The zero-order valence-electron chi connectivity index (χ0n) is 21.4. The number of ketones is 2. The van der Waals surface area contributed by atoms with Gasteiger partial charge >= 0.3 is 0 Å². The molecule has 0 amide bonds. The summed E-state index contributed by atoms with van der Waals surface area (Å²) < 4.78 is 28.4. The number of fused-ring (bicyclic) bond motifs is 2. The van der Waals surface area contributed by atoms with Crippen LogP contribution in [0.5, 0.6) is 0 Å². The van der Waals surface area contributed by atoms with Crippen molar-refractivity contribution >= 4 is 67.3 Å². The van der Waals surface area contributed by atoms with Crippen molar-refractivity contribution in [1.29, 1.82) is 0 Å². The van der Waals surface area contributed by atoms with Crippen LogP contribution < -0.4 is 0 Å². The molecule has 0 aromatic heterocycles. The lowest BCUT2D eigenvalue weighted by Gasteiger charge is -2.07. The number of Topliss-reactive ketones (excluding diaryl/α,β-unsaturated/α-hetero) is 2. The van der Waals surface area contributed by atoms with Crippen LogP contribution in [0.1, 0.15) is 54.1 Å². The molecule has 2 heterocycles. The summed E-state index contributed by atoms with van der Waals surface area (Å²) in [5, 5.41) is 0.304. The van der Waals surface area contributed by atoms with Gasteiger partial charge in [0.25, 0.3) is 0 Å². The van der Waals surface area contributed by atoms with Crippen LogP contribution in [0.15, 0.2) is 82.8 Å². The molecule has 0 saturated carbocycles. The number of aliphatic imine (C=N–C) groups is 2. The summed E-state index contributed by atoms with van der Waals surface area (Å²) in [5.74, 6) is -1.78. The smallest absolute Gasteiger partial charge is 0.171 e. The van der Waals surface area contributed by atoms with Gasteiger partial charge in [-0.1, -0.05) is 71.7 Å². The van der Waals surface area contributed by atoms with E-state index < -0.39 is 11.6 Å². The van der Waals surface area contributed by atoms with Gasteiger partial charge in [-0.3, -0.25) is 19.6 Å². The van der Waals surface area contributed by atoms with E-state index in [4.69, 9.17) is 23.2 Å². The molecule has 4 nitrogen and oxygen atoms in total. The van der Waals surface area contributed by atoms with Crippen LogP contribution in [0.25, 0.3) is 0 Å². The van der Waals surface area contributed by atoms with Crippen molar-refractivity contribution in [1.82, 2.24) is 0 Å². The highest BCUT2D eigenvalue weighted by molar-refractivity contribution is 14.1. The predicted molar refractivity (Wildman–Crippen MR) is 167 cm³/mol. The Morgan fingerprint density at radius 3 is 1.90 bits per heavy atom. The zero-order valence-corrected chi connectivity index (χ0v) is 25.1. The highest BCUT2D eigenvalue weighted by Gasteiger charge is 2.19. The van der Waals surface area contributed by atoms with E-state index in [2.05, 4.69) is 32.6 Å². The Labute approximate surface area is 259 Å². The molecule has 2 aliphatic heterocycles. The molecule has 0 unspecified atom stereocenters. The van der Waals surface area contributed by atoms with Crippen LogP contribution in [0.2, 0.25) is 10.0 Å². The van der Waals surface area contributed by atoms with E-state index in [1.807, 2.05) is 42.6 Å². The van der Waals surface area contributed by atoms with Crippen molar-refractivity contribution in [2.24, 2.45) is 9.98 Å². The summed E-state index contributed by atoms with van der Waals surface area (Å²) in [4.78, 5) is 33.0. The molecule has 0 atom stereocenters. The molecular formula is C32H21Cl2F2IN2O2. The summed E-state index contributed by atoms with van der Waals surface area (Å²) in [6.45, 7) is 1.27. The third kappa shape index (κ3) is 6.63. The molecule has 6 rings (SSSR count). The number of nitrogens with zero attached hydrogens (tertiary/aromatic N) is 2. The second kappa shape index (κ2) is 12.7. The van der Waals surface area contributed by atoms with Gasteiger partial charge in [-0.2, -0.15) is 0 Å². The van der Waals surface area contributed by atoms with Crippen molar-refractivity contribution in [3.05, 3.63) is 139 Å². The molecule has 0 bridgehead atoms. The lowest BCUT2D eigenvalue weighted by molar-refractivity contribution is 0.0980. The maximum absolute atomic E-state index is 13.7. The minimum atomic E-state index is -0.577. The molecule has 0 fully saturated rings. The first-order valence-electron chi connectivity index (χ1n) is 12.6. The molecule has 0 spiro atoms. The highest BCUT2D eigenvalue weighted by atomic mass is 127. The van der Waals surface area contributed by atoms with Crippen LogP contribution >= 0.6 is 45.8 Å². The normalized spacial score (nSPS) is 12.8. The monoisotopic (exact) mass is 700 g/mol. The third-order valence-corrected chi connectivity index (χ3v) is 8.24. The Balaban J connectivity index is 0.000000165. The Kier molecular flexibility index (Phi) is 9.06. The number of carbonyl (C=O) groups excluding carboxylic acids is 2. The Morgan fingerprint density at radius 1 is 0.756 bits per heavy atom. The highest BCUT2D eigenvalue weighted by Crippen LogP contribution is 2.26. The fraction of sp³-hybridized carbons (Fsp3) is 0.125. The van der Waals surface area contributed by atoms with Gasteiger partial charge in [0.05, 0.1) is 34.3 Å². The van der Waals surface area contributed by atoms with Crippen molar-refractivity contribution < 1.29 is 18.4 Å². The molecule has 4 aromatic carbocycles. The summed E-state index contributed by atoms with van der Waals surface area (Å²) in [5.41, 5.74) is 5.99. The van der Waals surface area contributed by atoms with Gasteiger partial charge in [0, 0.05) is 24.6 Å². The van der Waals surface area contributed by atoms with Crippen LogP contribution in [-0.2, 0) is 25.9 Å². The minimum absolute atomic E-state index is 0.0362. The Morgan fingerprint density at radius 2 is 1.32 bits per heavy atom. The van der Waals surface area contributed by atoms with E-state index in [0.29, 0.717) is 13.1 Å². The van der Waals surface area contributed by atoms with E-state index in [9.17, 15) is 18.4 Å². The lowest BCUT2D eigenvalue weighted by atomic mass is 9.99. The Hall–Kier alpha value is -3.27. The van der Waals surface area contributed by atoms with Gasteiger partial charge in [0.15, 0.2) is 11.6 Å². The fourth-order valence-electron chi connectivity index (χ4n) is 4.68. The first kappa shape index (κ1) is 29.2. The van der Waals surface area contributed by atoms with Gasteiger partial charge in [-0.05, 0) is 74.7 Å². The largest absolute Gasteiger partial charge is 0.294 e. The standard InChI is InChI=1S/C16H10ClFINO.C16H11ClFNO/c17-12-2-1-3-13(18)15(12)14(21)7-9-4-5-11-10(6-9)8-20-16(11)19;17-13-2-1-3-14(18)16(13)15(20)7-10-4-5-11-8-19-9-12(11)6-10/h1-6H,7-8H2;1-6,8H,7,9H2. The van der Waals surface area contributed by atoms with Gasteiger partial charge in [-0.25, -0.2) is 8.78 Å². The number of hydrogen-bond donors (Lipinski definition) is 0. The van der Waals surface area contributed by atoms with E-state index in [1.165, 1.54) is 36.4 Å². The molecule has 41 heavy (non-hydrogen) atoms. The average Bonchev–Trinajstić information content (AvgIpc) is 3.55. The van der Waals surface area contributed by atoms with E-state index in [-0.39, 0.29) is 45.6 Å². The predicted octanol–water partition coefficient (Wildman–Crippen LogP) is 8.44. The van der Waals surface area contributed by atoms with Crippen molar-refractivity contribution in [2.45, 2.75) is 25.9 Å². The van der Waals surface area contributed by atoms with Crippen molar-refractivity contribution in [3.63, 3.8) is 0 Å². The number of benzene rings is 4. The summed E-state index contributed by atoms with van der Waals surface area (Å²) in [6, 6.07) is 20.0. The molecular weight excluding hydrogens is 680 g/mol. The van der Waals surface area contributed by atoms with Gasteiger partial charge in [0.1, 0.15) is 15.4 Å². The molecule has 0 N–H and O–H groups in total. The maximum atomic E-state index is 13.7. The quantitative estimate of drug-likeness (QED) is 0.150. The molecule has 4 aromatic rings. The van der Waals surface area contributed by atoms with E-state index in [0.717, 1.165) is 37.1 Å². The Bertz CT molecular complexity index is 1710. The first-order valence-corrected chi connectivity index (χ1v) is 14.4. The fourth-order valence-corrected chi connectivity index (χ4v) is 5.91. The van der Waals surface area contributed by atoms with Crippen molar-refractivity contribution in [2.75, 3.05) is 0 Å². The van der Waals surface area contributed by atoms with Gasteiger partial charge in [-0.15, -0.1) is 0 Å². The van der Waals surface area contributed by atoms with Gasteiger partial charge < -0.3 is 0 Å². The van der Waals surface area contributed by atoms with Crippen LogP contribution in [-0.4, -0.2) is 21.5 Å². The number of halogens is 5. The van der Waals surface area contributed by atoms with Crippen LogP contribution in [0, 0.1) is 11.6 Å². The van der Waals surface area contributed by atoms with E-state index >= 15 is 0 Å². The van der Waals surface area contributed by atoms with Gasteiger partial charge in [0.2, 0.25) is 0 Å². The first-order chi connectivity index (χ1) is 19.7. The minimum Gasteiger partial charge on any atom is -0.294 e. The average molecular weight is 701 g/mol. The summed E-state index contributed by atoms with van der Waals surface area (Å²) in [7, 11) is 0. The SMILES string of the molecule is O=C(Cc1ccc2c(c1)CN=C2)c1c(F)cccc1Cl.O=C(Cc1ccc2c(c1)CN=C2I)c1c(F)cccc1Cl. The third-order valence-electron chi connectivity index (χ3n) is 6.69. The lowest BCUT2D eigenvalue weighted by Crippen LogP contribution is -2.07. The molecule has 0 radical (unpaired) electrons. The zero-order chi connectivity index (χ0) is 29.1. The number of hydrogen-bond acceptors (Lipinski definition) is 4. The molecule has 9 heteroatoms. The molecule has 2 aliphatic rings. The molecule has 0 saturated heterocycles. The molecule has 206 valence electrons. The van der Waals surface area contributed by atoms with Crippen molar-refractivity contribution in [3.8, 4) is 0 Å². The van der Waals surface area contributed by atoms with Crippen LogP contribution in [0.3, 0.4) is 0 Å². The van der Waals surface area contributed by atoms with Crippen LogP contribution in [0.4, 0.5) is 8.78 Å².